The maximum atomic E-state index is 12.5. The third-order valence-electron chi connectivity index (χ3n) is 3.86. The normalized spacial score (nSPS) is 18.4. The van der Waals surface area contributed by atoms with Crippen LogP contribution in [0.5, 0.6) is 0 Å². The first-order valence-corrected chi connectivity index (χ1v) is 7.10. The van der Waals surface area contributed by atoms with Crippen molar-refractivity contribution in [3.05, 3.63) is 35.4 Å². The molecule has 1 aromatic carbocycles. The van der Waals surface area contributed by atoms with Crippen LogP contribution in [0.4, 0.5) is 13.2 Å². The zero-order valence-corrected chi connectivity index (χ0v) is 11.6. The minimum atomic E-state index is -4.38. The van der Waals surface area contributed by atoms with Crippen molar-refractivity contribution in [3.63, 3.8) is 0 Å². The summed E-state index contributed by atoms with van der Waals surface area (Å²) >= 11 is 0. The minimum Gasteiger partial charge on any atom is -0.368 e. The van der Waals surface area contributed by atoms with E-state index in [1.54, 1.807) is 0 Å². The van der Waals surface area contributed by atoms with Gasteiger partial charge in [0.1, 0.15) is 6.04 Å². The first-order chi connectivity index (χ1) is 9.88. The molecule has 0 heterocycles. The topological polar surface area (TPSA) is 55.1 Å². The summed E-state index contributed by atoms with van der Waals surface area (Å²) in [7, 11) is 0. The van der Waals surface area contributed by atoms with Gasteiger partial charge < -0.3 is 5.73 Å². The average Bonchev–Trinajstić information content (AvgIpc) is 2.45. The fraction of sp³-hybridized carbons (Fsp3) is 0.533. The van der Waals surface area contributed by atoms with Gasteiger partial charge in [-0.3, -0.25) is 10.1 Å². The van der Waals surface area contributed by atoms with Crippen molar-refractivity contribution in [2.24, 2.45) is 5.73 Å². The van der Waals surface area contributed by atoms with Crippen molar-refractivity contribution in [2.75, 3.05) is 0 Å². The maximum absolute atomic E-state index is 12.5. The van der Waals surface area contributed by atoms with Gasteiger partial charge in [0, 0.05) is 6.04 Å². The van der Waals surface area contributed by atoms with Crippen LogP contribution in [0.25, 0.3) is 0 Å². The first kappa shape index (κ1) is 15.8. The van der Waals surface area contributed by atoms with Gasteiger partial charge in [-0.25, -0.2) is 0 Å². The number of carbonyl (C=O) groups is 1. The van der Waals surface area contributed by atoms with Gasteiger partial charge in [-0.1, -0.05) is 31.4 Å². The van der Waals surface area contributed by atoms with Crippen LogP contribution >= 0.6 is 0 Å². The SMILES string of the molecule is NC(=O)C(NC1CCCCC1)c1ccc(C(F)(F)F)cc1. The van der Waals surface area contributed by atoms with Crippen LogP contribution in [-0.2, 0) is 11.0 Å². The minimum absolute atomic E-state index is 0.193. The van der Waals surface area contributed by atoms with Gasteiger partial charge in [0.2, 0.25) is 5.91 Å². The van der Waals surface area contributed by atoms with Gasteiger partial charge in [0.25, 0.3) is 0 Å². The standard InChI is InChI=1S/C15H19F3N2O/c16-15(17,18)11-8-6-10(7-9-11)13(14(19)21)20-12-4-2-1-3-5-12/h6-9,12-13,20H,1-5H2,(H2,19,21). The van der Waals surface area contributed by atoms with Crippen molar-refractivity contribution in [1.29, 1.82) is 0 Å². The lowest BCUT2D eigenvalue weighted by Gasteiger charge is -2.27. The Morgan fingerprint density at radius 2 is 1.71 bits per heavy atom. The van der Waals surface area contributed by atoms with E-state index in [0.717, 1.165) is 37.8 Å². The Bertz CT molecular complexity index is 479. The lowest BCUT2D eigenvalue weighted by molar-refractivity contribution is -0.137. The largest absolute Gasteiger partial charge is 0.416 e. The molecule has 0 saturated heterocycles. The molecule has 0 radical (unpaired) electrons. The van der Waals surface area contributed by atoms with Crippen LogP contribution in [0.2, 0.25) is 0 Å². The first-order valence-electron chi connectivity index (χ1n) is 7.10. The highest BCUT2D eigenvalue weighted by Gasteiger charge is 2.31. The number of amides is 1. The second-order valence-corrected chi connectivity index (χ2v) is 5.46. The van der Waals surface area contributed by atoms with Gasteiger partial charge in [0.05, 0.1) is 5.56 Å². The number of rotatable bonds is 4. The summed E-state index contributed by atoms with van der Waals surface area (Å²) < 4.78 is 37.6. The van der Waals surface area contributed by atoms with Crippen molar-refractivity contribution in [1.82, 2.24) is 5.32 Å². The quantitative estimate of drug-likeness (QED) is 0.897. The Kier molecular flexibility index (Phi) is 4.88. The molecule has 1 saturated carbocycles. The number of halogens is 3. The van der Waals surface area contributed by atoms with E-state index < -0.39 is 23.7 Å². The van der Waals surface area contributed by atoms with Crippen LogP contribution in [0, 0.1) is 0 Å². The van der Waals surface area contributed by atoms with Crippen LogP contribution in [0.1, 0.15) is 49.3 Å². The second kappa shape index (κ2) is 6.47. The lowest BCUT2D eigenvalue weighted by atomic mass is 9.93. The van der Waals surface area contributed by atoms with E-state index in [2.05, 4.69) is 5.32 Å². The summed E-state index contributed by atoms with van der Waals surface area (Å²) in [5, 5.41) is 3.17. The van der Waals surface area contributed by atoms with E-state index in [4.69, 9.17) is 5.73 Å². The zero-order valence-electron chi connectivity index (χ0n) is 11.6. The molecule has 6 heteroatoms. The van der Waals surface area contributed by atoms with Crippen LogP contribution in [0.15, 0.2) is 24.3 Å². The molecular formula is C15H19F3N2O. The number of hydrogen-bond acceptors (Lipinski definition) is 2. The number of alkyl halides is 3. The van der Waals surface area contributed by atoms with Crippen molar-refractivity contribution >= 4 is 5.91 Å². The van der Waals surface area contributed by atoms with Crippen LogP contribution in [0.3, 0.4) is 0 Å². The third kappa shape index (κ3) is 4.20. The van der Waals surface area contributed by atoms with Gasteiger partial charge in [-0.15, -0.1) is 0 Å². The molecule has 116 valence electrons. The summed E-state index contributed by atoms with van der Waals surface area (Å²) in [5.74, 6) is -0.569. The van der Waals surface area contributed by atoms with Crippen molar-refractivity contribution in [2.45, 2.75) is 50.4 Å². The van der Waals surface area contributed by atoms with Gasteiger partial charge in [-0.05, 0) is 30.5 Å². The van der Waals surface area contributed by atoms with Crippen molar-refractivity contribution in [3.8, 4) is 0 Å². The van der Waals surface area contributed by atoms with E-state index in [1.807, 2.05) is 0 Å². The molecule has 1 aliphatic carbocycles. The smallest absolute Gasteiger partial charge is 0.368 e. The van der Waals surface area contributed by atoms with E-state index >= 15 is 0 Å². The summed E-state index contributed by atoms with van der Waals surface area (Å²) in [5.41, 5.74) is 5.13. The summed E-state index contributed by atoms with van der Waals surface area (Å²) in [6.45, 7) is 0. The van der Waals surface area contributed by atoms with E-state index in [9.17, 15) is 18.0 Å². The van der Waals surface area contributed by atoms with Gasteiger partial charge in [-0.2, -0.15) is 13.2 Å². The molecule has 3 nitrogen and oxygen atoms in total. The molecule has 2 rings (SSSR count). The molecule has 1 atom stereocenters. The lowest BCUT2D eigenvalue weighted by Crippen LogP contribution is -2.41. The summed E-state index contributed by atoms with van der Waals surface area (Å²) in [6.07, 6.45) is 0.915. The highest BCUT2D eigenvalue weighted by atomic mass is 19.4. The highest BCUT2D eigenvalue weighted by molar-refractivity contribution is 5.81. The molecule has 0 aliphatic heterocycles. The fourth-order valence-electron chi connectivity index (χ4n) is 2.71. The summed E-state index contributed by atoms with van der Waals surface area (Å²) in [6, 6.07) is 4.04. The predicted molar refractivity (Wildman–Crippen MR) is 73.4 cm³/mol. The zero-order chi connectivity index (χ0) is 15.5. The molecule has 0 spiro atoms. The number of nitrogens with one attached hydrogen (secondary N) is 1. The monoisotopic (exact) mass is 300 g/mol. The summed E-state index contributed by atoms with van der Waals surface area (Å²) in [4.78, 5) is 11.6. The molecule has 1 aliphatic rings. The second-order valence-electron chi connectivity index (χ2n) is 5.46. The predicted octanol–water partition coefficient (Wildman–Crippen LogP) is 3.15. The van der Waals surface area contributed by atoms with E-state index in [0.29, 0.717) is 5.56 Å². The Morgan fingerprint density at radius 3 is 2.19 bits per heavy atom. The fourth-order valence-corrected chi connectivity index (χ4v) is 2.71. The molecule has 0 aromatic heterocycles. The molecule has 1 unspecified atom stereocenters. The highest BCUT2D eigenvalue weighted by Crippen LogP contribution is 2.30. The maximum Gasteiger partial charge on any atom is 0.416 e. The van der Waals surface area contributed by atoms with Gasteiger partial charge >= 0.3 is 6.18 Å². The van der Waals surface area contributed by atoms with E-state index in [-0.39, 0.29) is 6.04 Å². The van der Waals surface area contributed by atoms with Crippen molar-refractivity contribution < 1.29 is 18.0 Å². The molecule has 1 fully saturated rings. The Labute approximate surface area is 121 Å². The molecule has 21 heavy (non-hydrogen) atoms. The molecule has 1 aromatic rings. The van der Waals surface area contributed by atoms with Gasteiger partial charge in [0.15, 0.2) is 0 Å². The number of hydrogen-bond donors (Lipinski definition) is 2. The van der Waals surface area contributed by atoms with E-state index in [1.165, 1.54) is 18.6 Å². The molecule has 1 amide bonds. The number of nitrogens with two attached hydrogens (primary N) is 1. The van der Waals surface area contributed by atoms with Crippen LogP contribution in [-0.4, -0.2) is 11.9 Å². The Balaban J connectivity index is 2.12. The third-order valence-corrected chi connectivity index (χ3v) is 3.86. The molecule has 3 N–H and O–H groups in total. The number of primary amides is 1. The number of benzene rings is 1. The Morgan fingerprint density at radius 1 is 1.14 bits per heavy atom. The molecule has 0 bridgehead atoms. The number of carbonyl (C=O) groups excluding carboxylic acids is 1. The van der Waals surface area contributed by atoms with Crippen LogP contribution < -0.4 is 11.1 Å². The molecular weight excluding hydrogens is 281 g/mol. The Hall–Kier alpha value is -1.56. The average molecular weight is 300 g/mol.